The van der Waals surface area contributed by atoms with E-state index in [2.05, 4.69) is 9.97 Å². The number of halogens is 2. The largest absolute Gasteiger partial charge is 0.452 e. The van der Waals surface area contributed by atoms with E-state index in [1.165, 1.54) is 24.7 Å². The van der Waals surface area contributed by atoms with Gasteiger partial charge in [-0.05, 0) is 32.0 Å². The fourth-order valence-electron chi connectivity index (χ4n) is 2.79. The van der Waals surface area contributed by atoms with Crippen molar-refractivity contribution in [3.8, 4) is 11.5 Å². The number of nitrogens with zero attached hydrogens (tertiary/aromatic N) is 3. The van der Waals surface area contributed by atoms with Crippen molar-refractivity contribution in [1.29, 1.82) is 0 Å². The summed E-state index contributed by atoms with van der Waals surface area (Å²) in [4.78, 5) is 22.4. The minimum absolute atomic E-state index is 0.103. The maximum atomic E-state index is 13.8. The monoisotopic (exact) mass is 365 g/mol. The van der Waals surface area contributed by atoms with E-state index >= 15 is 0 Å². The van der Waals surface area contributed by atoms with Crippen LogP contribution in [0.5, 0.6) is 11.5 Å². The van der Waals surface area contributed by atoms with Crippen molar-refractivity contribution in [2.45, 2.75) is 25.9 Å². The van der Waals surface area contributed by atoms with Gasteiger partial charge in [-0.25, -0.2) is 14.4 Å². The molecule has 6 nitrogen and oxygen atoms in total. The van der Waals surface area contributed by atoms with E-state index in [0.29, 0.717) is 13.2 Å². The van der Waals surface area contributed by atoms with E-state index in [-0.39, 0.29) is 40.2 Å². The quantitative estimate of drug-likeness (QED) is 0.781. The minimum Gasteiger partial charge on any atom is -0.452 e. The first-order chi connectivity index (χ1) is 12.0. The molecule has 0 N–H and O–H groups in total. The van der Waals surface area contributed by atoms with Crippen LogP contribution < -0.4 is 4.74 Å². The third kappa shape index (κ3) is 3.72. The standard InChI is InChI=1S/C17H17ClFN3O3/c1-10-7-24-8-11(2)22(10)17(23)13-5-12(19)3-4-14(13)25-15-6-20-9-21-16(15)18/h3-6,9-11H,7-8H2,1-2H3/t10-,11+. The van der Waals surface area contributed by atoms with E-state index in [4.69, 9.17) is 21.1 Å². The Kier molecular flexibility index (Phi) is 5.15. The summed E-state index contributed by atoms with van der Waals surface area (Å²) in [6.45, 7) is 4.63. The van der Waals surface area contributed by atoms with Crippen molar-refractivity contribution in [3.63, 3.8) is 0 Å². The normalized spacial score (nSPS) is 20.4. The fraction of sp³-hybridized carbons (Fsp3) is 0.353. The van der Waals surface area contributed by atoms with Gasteiger partial charge in [-0.15, -0.1) is 0 Å². The van der Waals surface area contributed by atoms with Crippen molar-refractivity contribution in [3.05, 3.63) is 47.3 Å². The predicted octanol–water partition coefficient (Wildman–Crippen LogP) is 3.31. The molecule has 0 aliphatic carbocycles. The van der Waals surface area contributed by atoms with Crippen molar-refractivity contribution >= 4 is 17.5 Å². The Morgan fingerprint density at radius 2 is 2.04 bits per heavy atom. The highest BCUT2D eigenvalue weighted by Crippen LogP contribution is 2.31. The third-order valence-electron chi connectivity index (χ3n) is 3.93. The van der Waals surface area contributed by atoms with Crippen molar-refractivity contribution in [1.82, 2.24) is 14.9 Å². The second-order valence-electron chi connectivity index (χ2n) is 5.87. The van der Waals surface area contributed by atoms with Gasteiger partial charge in [0.05, 0.1) is 37.1 Å². The number of carbonyl (C=O) groups excluding carboxylic acids is 1. The van der Waals surface area contributed by atoms with Crippen LogP contribution in [0.1, 0.15) is 24.2 Å². The first-order valence-electron chi connectivity index (χ1n) is 7.80. The molecular weight excluding hydrogens is 349 g/mol. The summed E-state index contributed by atoms with van der Waals surface area (Å²) in [7, 11) is 0. The van der Waals surface area contributed by atoms with E-state index < -0.39 is 5.82 Å². The SMILES string of the molecule is C[C@@H]1COC[C@H](C)N1C(=O)c1cc(F)ccc1Oc1cncnc1Cl. The molecule has 0 unspecified atom stereocenters. The lowest BCUT2D eigenvalue weighted by Crippen LogP contribution is -2.52. The van der Waals surface area contributed by atoms with Gasteiger partial charge in [0.15, 0.2) is 10.9 Å². The van der Waals surface area contributed by atoms with Crippen LogP contribution in [0.25, 0.3) is 0 Å². The maximum Gasteiger partial charge on any atom is 0.258 e. The van der Waals surface area contributed by atoms with Gasteiger partial charge in [0.25, 0.3) is 5.91 Å². The molecule has 2 atom stereocenters. The summed E-state index contributed by atoms with van der Waals surface area (Å²) < 4.78 is 24.9. The molecule has 25 heavy (non-hydrogen) atoms. The first kappa shape index (κ1) is 17.6. The zero-order chi connectivity index (χ0) is 18.0. The van der Waals surface area contributed by atoms with Gasteiger partial charge in [0.1, 0.15) is 17.9 Å². The van der Waals surface area contributed by atoms with Crippen LogP contribution >= 0.6 is 11.6 Å². The Labute approximate surface area is 149 Å². The second-order valence-corrected chi connectivity index (χ2v) is 6.23. The Morgan fingerprint density at radius 3 is 2.72 bits per heavy atom. The topological polar surface area (TPSA) is 64.5 Å². The summed E-state index contributed by atoms with van der Waals surface area (Å²) in [5, 5.41) is 0.103. The highest BCUT2D eigenvalue weighted by molar-refractivity contribution is 6.30. The van der Waals surface area contributed by atoms with E-state index in [0.717, 1.165) is 6.07 Å². The number of hydrogen-bond donors (Lipinski definition) is 0. The van der Waals surface area contributed by atoms with E-state index in [1.807, 2.05) is 13.8 Å². The molecule has 1 fully saturated rings. The highest BCUT2D eigenvalue weighted by atomic mass is 35.5. The number of hydrogen-bond acceptors (Lipinski definition) is 5. The van der Waals surface area contributed by atoms with Gasteiger partial charge in [-0.2, -0.15) is 0 Å². The van der Waals surface area contributed by atoms with Gasteiger partial charge >= 0.3 is 0 Å². The molecule has 1 amide bonds. The number of amides is 1. The molecule has 8 heteroatoms. The molecule has 1 aliphatic rings. The second kappa shape index (κ2) is 7.33. The van der Waals surface area contributed by atoms with Crippen LogP contribution in [0.3, 0.4) is 0 Å². The molecule has 1 aliphatic heterocycles. The van der Waals surface area contributed by atoms with E-state index in [1.54, 1.807) is 4.90 Å². The number of rotatable bonds is 3. The summed E-state index contributed by atoms with van der Waals surface area (Å²) in [5.74, 6) is -0.479. The molecule has 2 aromatic rings. The maximum absolute atomic E-state index is 13.8. The third-order valence-corrected chi connectivity index (χ3v) is 4.21. The molecule has 2 heterocycles. The number of carbonyl (C=O) groups is 1. The Morgan fingerprint density at radius 1 is 1.32 bits per heavy atom. The molecule has 0 radical (unpaired) electrons. The Balaban J connectivity index is 1.96. The Bertz CT molecular complexity index is 779. The molecule has 1 aromatic heterocycles. The smallest absolute Gasteiger partial charge is 0.258 e. The average Bonchev–Trinajstić information content (AvgIpc) is 2.58. The molecule has 0 spiro atoms. The van der Waals surface area contributed by atoms with Crippen molar-refractivity contribution in [2.75, 3.05) is 13.2 Å². The van der Waals surface area contributed by atoms with Gasteiger partial charge in [-0.1, -0.05) is 11.6 Å². The lowest BCUT2D eigenvalue weighted by molar-refractivity contribution is -0.0250. The van der Waals surface area contributed by atoms with Gasteiger partial charge < -0.3 is 14.4 Å². The minimum atomic E-state index is -0.528. The molecule has 0 bridgehead atoms. The zero-order valence-electron chi connectivity index (χ0n) is 13.8. The average molecular weight is 366 g/mol. The summed E-state index contributed by atoms with van der Waals surface area (Å²) in [5.41, 5.74) is 0.112. The molecular formula is C17H17ClFN3O3. The molecule has 0 saturated carbocycles. The number of morpholine rings is 1. The van der Waals surface area contributed by atoms with Crippen LogP contribution in [0.2, 0.25) is 5.15 Å². The van der Waals surface area contributed by atoms with E-state index in [9.17, 15) is 9.18 Å². The van der Waals surface area contributed by atoms with Gasteiger partial charge in [0.2, 0.25) is 0 Å². The van der Waals surface area contributed by atoms with Crippen molar-refractivity contribution in [2.24, 2.45) is 0 Å². The summed E-state index contributed by atoms with van der Waals surface area (Å²) in [6, 6.07) is 3.51. The molecule has 1 saturated heterocycles. The van der Waals surface area contributed by atoms with Crippen molar-refractivity contribution < 1.29 is 18.7 Å². The number of ether oxygens (including phenoxy) is 2. The highest BCUT2D eigenvalue weighted by Gasteiger charge is 2.32. The lowest BCUT2D eigenvalue weighted by Gasteiger charge is -2.39. The fourth-order valence-corrected chi connectivity index (χ4v) is 2.92. The molecule has 132 valence electrons. The van der Waals surface area contributed by atoms with Gasteiger partial charge in [-0.3, -0.25) is 4.79 Å². The van der Waals surface area contributed by atoms with Crippen LogP contribution in [0, 0.1) is 5.82 Å². The predicted molar refractivity (Wildman–Crippen MR) is 89.4 cm³/mol. The van der Waals surface area contributed by atoms with Crippen LogP contribution in [-0.2, 0) is 4.74 Å². The molecule has 3 rings (SSSR count). The van der Waals surface area contributed by atoms with Crippen LogP contribution in [-0.4, -0.2) is 46.1 Å². The molecule has 1 aromatic carbocycles. The number of aromatic nitrogens is 2. The zero-order valence-corrected chi connectivity index (χ0v) is 14.5. The lowest BCUT2D eigenvalue weighted by atomic mass is 10.1. The number of benzene rings is 1. The summed E-state index contributed by atoms with van der Waals surface area (Å²) in [6.07, 6.45) is 2.66. The van der Waals surface area contributed by atoms with Crippen LogP contribution in [0.4, 0.5) is 4.39 Å². The van der Waals surface area contributed by atoms with Crippen LogP contribution in [0.15, 0.2) is 30.7 Å². The van der Waals surface area contributed by atoms with Gasteiger partial charge in [0, 0.05) is 0 Å². The Hall–Kier alpha value is -2.25. The first-order valence-corrected chi connectivity index (χ1v) is 8.18. The summed E-state index contributed by atoms with van der Waals surface area (Å²) >= 11 is 5.97.